The molecule has 1 aromatic rings. The molecule has 1 atom stereocenters. The predicted molar refractivity (Wildman–Crippen MR) is 90.8 cm³/mol. The van der Waals surface area contributed by atoms with Crippen molar-refractivity contribution in [2.24, 2.45) is 0 Å². The molecule has 0 heterocycles. The van der Waals surface area contributed by atoms with Crippen LogP contribution in [0.5, 0.6) is 0 Å². The second-order valence-corrected chi connectivity index (χ2v) is 6.26. The van der Waals surface area contributed by atoms with Crippen LogP contribution >= 0.6 is 0 Å². The maximum atomic E-state index is 4.24. The van der Waals surface area contributed by atoms with Gasteiger partial charge in [-0.3, -0.25) is 0 Å². The average Bonchev–Trinajstić information content (AvgIpc) is 2.70. The summed E-state index contributed by atoms with van der Waals surface area (Å²) in [5, 5.41) is 0. The van der Waals surface area contributed by atoms with Gasteiger partial charge in [0.15, 0.2) is 0 Å². The molecule has 2 rings (SSSR count). The molecule has 0 aromatic heterocycles. The number of fused-ring (bicyclic) bond motifs is 1. The van der Waals surface area contributed by atoms with E-state index in [0.717, 1.165) is 12.8 Å². The van der Waals surface area contributed by atoms with Crippen molar-refractivity contribution in [2.45, 2.75) is 51.9 Å². The van der Waals surface area contributed by atoms with Crippen LogP contribution in [0.3, 0.4) is 0 Å². The topological polar surface area (TPSA) is 0 Å². The van der Waals surface area contributed by atoms with Gasteiger partial charge >= 0.3 is 0 Å². The van der Waals surface area contributed by atoms with Crippen LogP contribution < -0.4 is 0 Å². The molecule has 1 unspecified atom stereocenters. The van der Waals surface area contributed by atoms with Crippen molar-refractivity contribution in [2.75, 3.05) is 0 Å². The molecule has 0 N–H and O–H groups in total. The fourth-order valence-corrected chi connectivity index (χ4v) is 3.14. The third-order valence-corrected chi connectivity index (χ3v) is 4.28. The van der Waals surface area contributed by atoms with Crippen molar-refractivity contribution < 1.29 is 0 Å². The van der Waals surface area contributed by atoms with E-state index >= 15 is 0 Å². The Morgan fingerprint density at radius 3 is 2.65 bits per heavy atom. The lowest BCUT2D eigenvalue weighted by Crippen LogP contribution is -1.99. The number of unbranched alkanes of at least 4 members (excludes halogenated alkanes) is 1. The highest BCUT2D eigenvalue weighted by Gasteiger charge is 2.22. The van der Waals surface area contributed by atoms with Crippen molar-refractivity contribution >= 4 is 11.1 Å². The summed E-state index contributed by atoms with van der Waals surface area (Å²) in [6.07, 6.45) is 5.86. The van der Waals surface area contributed by atoms with Crippen molar-refractivity contribution in [1.29, 1.82) is 0 Å². The Hall–Kier alpha value is -1.56. The highest BCUT2D eigenvalue weighted by Crippen LogP contribution is 2.43. The lowest BCUT2D eigenvalue weighted by molar-refractivity contribution is 0.602. The second kappa shape index (κ2) is 6.26. The molecule has 106 valence electrons. The number of hydrogen-bond donors (Lipinski definition) is 0. The summed E-state index contributed by atoms with van der Waals surface area (Å²) in [6, 6.07) is 6.63. The summed E-state index contributed by atoms with van der Waals surface area (Å²) in [5.74, 6) is 0.595. The Kier molecular flexibility index (Phi) is 4.65. The molecule has 0 radical (unpaired) electrons. The molecule has 0 bridgehead atoms. The molecular weight excluding hydrogens is 240 g/mol. The average molecular weight is 266 g/mol. The van der Waals surface area contributed by atoms with Crippen LogP contribution in [0.25, 0.3) is 11.1 Å². The van der Waals surface area contributed by atoms with E-state index in [1.165, 1.54) is 52.7 Å². The first-order valence-corrected chi connectivity index (χ1v) is 7.64. The minimum atomic E-state index is 0.595. The van der Waals surface area contributed by atoms with Crippen LogP contribution in [0.2, 0.25) is 0 Å². The number of hydrogen-bond acceptors (Lipinski definition) is 0. The largest absolute Gasteiger partial charge is 0.100 e. The quantitative estimate of drug-likeness (QED) is 0.415. The SMILES string of the molecule is C=C(C)CCCCC(C)c1cccc2c1C(=C)CC2=C. The van der Waals surface area contributed by atoms with Gasteiger partial charge in [-0.05, 0) is 66.4 Å². The summed E-state index contributed by atoms with van der Waals surface area (Å²) < 4.78 is 0. The Bertz CT molecular complexity index is 545. The molecule has 1 aliphatic carbocycles. The molecule has 0 nitrogen and oxygen atoms in total. The lowest BCUT2D eigenvalue weighted by atomic mass is 9.88. The highest BCUT2D eigenvalue weighted by molar-refractivity contribution is 5.92. The van der Waals surface area contributed by atoms with E-state index in [1.54, 1.807) is 0 Å². The fraction of sp³-hybridized carbons (Fsp3) is 0.400. The molecule has 0 aliphatic heterocycles. The Balaban J connectivity index is 2.08. The van der Waals surface area contributed by atoms with Crippen LogP contribution in [0.4, 0.5) is 0 Å². The summed E-state index contributed by atoms with van der Waals surface area (Å²) in [4.78, 5) is 0. The van der Waals surface area contributed by atoms with Crippen molar-refractivity contribution in [1.82, 2.24) is 0 Å². The van der Waals surface area contributed by atoms with E-state index in [0.29, 0.717) is 5.92 Å². The van der Waals surface area contributed by atoms with Crippen molar-refractivity contribution in [3.63, 3.8) is 0 Å². The van der Waals surface area contributed by atoms with Crippen LogP contribution in [0.15, 0.2) is 43.5 Å². The predicted octanol–water partition coefficient (Wildman–Crippen LogP) is 6.36. The van der Waals surface area contributed by atoms with Gasteiger partial charge < -0.3 is 0 Å². The van der Waals surface area contributed by atoms with Gasteiger partial charge in [0.05, 0.1) is 0 Å². The lowest BCUT2D eigenvalue weighted by Gasteiger charge is -2.16. The van der Waals surface area contributed by atoms with Gasteiger partial charge in [0.25, 0.3) is 0 Å². The minimum Gasteiger partial charge on any atom is -0.100 e. The van der Waals surface area contributed by atoms with Crippen LogP contribution in [0.1, 0.15) is 68.6 Å². The Morgan fingerprint density at radius 1 is 1.20 bits per heavy atom. The molecule has 0 spiro atoms. The maximum Gasteiger partial charge on any atom is -0.00251 e. The molecule has 0 amide bonds. The van der Waals surface area contributed by atoms with E-state index in [9.17, 15) is 0 Å². The zero-order chi connectivity index (χ0) is 14.7. The third kappa shape index (κ3) is 3.12. The van der Waals surface area contributed by atoms with Gasteiger partial charge in [0, 0.05) is 0 Å². The summed E-state index contributed by atoms with van der Waals surface area (Å²) in [6.45, 7) is 16.8. The zero-order valence-electron chi connectivity index (χ0n) is 13.0. The molecule has 1 aromatic carbocycles. The summed E-state index contributed by atoms with van der Waals surface area (Å²) in [5.41, 5.74) is 7.92. The first-order valence-electron chi connectivity index (χ1n) is 7.64. The fourth-order valence-electron chi connectivity index (χ4n) is 3.14. The van der Waals surface area contributed by atoms with E-state index in [-0.39, 0.29) is 0 Å². The van der Waals surface area contributed by atoms with Gasteiger partial charge in [-0.25, -0.2) is 0 Å². The van der Waals surface area contributed by atoms with E-state index < -0.39 is 0 Å². The molecule has 0 saturated heterocycles. The first kappa shape index (κ1) is 14.8. The molecule has 0 fully saturated rings. The standard InChI is InChI=1S/C20H26/c1-14(2)9-6-7-10-15(3)18-11-8-12-19-16(4)13-17(5)20(18)19/h8,11-12,15H,1,4-7,9-10,13H2,2-3H3. The van der Waals surface area contributed by atoms with Gasteiger partial charge in [-0.1, -0.05) is 50.3 Å². The normalized spacial score (nSPS) is 15.3. The maximum absolute atomic E-state index is 4.24. The Morgan fingerprint density at radius 2 is 1.95 bits per heavy atom. The molecular formula is C20H26. The zero-order valence-corrected chi connectivity index (χ0v) is 13.0. The summed E-state index contributed by atoms with van der Waals surface area (Å²) in [7, 11) is 0. The van der Waals surface area contributed by atoms with E-state index in [1.807, 2.05) is 0 Å². The summed E-state index contributed by atoms with van der Waals surface area (Å²) >= 11 is 0. The van der Waals surface area contributed by atoms with Gasteiger partial charge in [-0.15, -0.1) is 6.58 Å². The number of allylic oxidation sites excluding steroid dienone is 3. The monoisotopic (exact) mass is 266 g/mol. The van der Waals surface area contributed by atoms with Crippen LogP contribution in [0, 0.1) is 0 Å². The highest BCUT2D eigenvalue weighted by atomic mass is 14.3. The number of benzene rings is 1. The van der Waals surface area contributed by atoms with Crippen molar-refractivity contribution in [3.05, 3.63) is 60.2 Å². The van der Waals surface area contributed by atoms with Crippen molar-refractivity contribution in [3.8, 4) is 0 Å². The smallest absolute Gasteiger partial charge is 0.00251 e. The van der Waals surface area contributed by atoms with Crippen LogP contribution in [-0.2, 0) is 0 Å². The van der Waals surface area contributed by atoms with Gasteiger partial charge in [-0.2, -0.15) is 0 Å². The molecule has 0 heteroatoms. The first-order chi connectivity index (χ1) is 9.50. The van der Waals surface area contributed by atoms with E-state index in [4.69, 9.17) is 0 Å². The minimum absolute atomic E-state index is 0.595. The van der Waals surface area contributed by atoms with Crippen LogP contribution in [-0.4, -0.2) is 0 Å². The van der Waals surface area contributed by atoms with E-state index in [2.05, 4.69) is 51.8 Å². The third-order valence-electron chi connectivity index (χ3n) is 4.28. The van der Waals surface area contributed by atoms with Gasteiger partial charge in [0.1, 0.15) is 0 Å². The molecule has 20 heavy (non-hydrogen) atoms. The Labute approximate surface area is 123 Å². The molecule has 0 saturated carbocycles. The molecule has 1 aliphatic rings. The number of rotatable bonds is 6. The second-order valence-electron chi connectivity index (χ2n) is 6.26. The van der Waals surface area contributed by atoms with Gasteiger partial charge in [0.2, 0.25) is 0 Å².